The molecule has 1 amide bonds. The molecule has 0 spiro atoms. The van der Waals surface area contributed by atoms with Gasteiger partial charge in [-0.25, -0.2) is 9.78 Å². The molecule has 0 unspecified atom stereocenters. The van der Waals surface area contributed by atoms with Crippen LogP contribution < -0.4 is 19.5 Å². The molecule has 3 aromatic rings. The number of carbonyl (C=O) groups is 2. The first-order chi connectivity index (χ1) is 18.4. The zero-order valence-corrected chi connectivity index (χ0v) is 18.4. The lowest BCUT2D eigenvalue weighted by molar-refractivity contribution is -0.274. The molecular formula is C23H16F6N2O6. The fraction of sp³-hybridized carbons (Fsp3) is 0.174. The number of esters is 1. The quantitative estimate of drug-likeness (QED) is 0.301. The second-order valence-corrected chi connectivity index (χ2v) is 6.94. The third-order valence-corrected chi connectivity index (χ3v) is 4.44. The molecule has 0 radical (unpaired) electrons. The Morgan fingerprint density at radius 3 is 2.32 bits per heavy atom. The largest absolute Gasteiger partial charge is 0.573 e. The summed E-state index contributed by atoms with van der Waals surface area (Å²) in [5.74, 6) is -4.85. The fourth-order valence-corrected chi connectivity index (χ4v) is 2.86. The van der Waals surface area contributed by atoms with Crippen molar-refractivity contribution in [1.82, 2.24) is 4.98 Å². The van der Waals surface area contributed by atoms with Crippen LogP contribution in [0.4, 0.5) is 32.0 Å². The number of alkyl halides is 6. The number of nitrogens with zero attached hydrogens (tertiary/aromatic N) is 1. The van der Waals surface area contributed by atoms with Gasteiger partial charge in [0, 0.05) is 18.0 Å². The van der Waals surface area contributed by atoms with Gasteiger partial charge in [0.1, 0.15) is 17.2 Å². The van der Waals surface area contributed by atoms with Crippen LogP contribution in [0, 0.1) is 0 Å². The van der Waals surface area contributed by atoms with Gasteiger partial charge < -0.3 is 24.3 Å². The third-order valence-electron chi connectivity index (χ3n) is 4.44. The molecule has 14 heteroatoms. The van der Waals surface area contributed by atoms with Crippen LogP contribution in [0.15, 0.2) is 54.7 Å². The van der Waals surface area contributed by atoms with Crippen LogP contribution in [0.1, 0.15) is 30.5 Å². The number of benzene rings is 2. The number of hydrogen-bond acceptors (Lipinski definition) is 7. The zero-order chi connectivity index (χ0) is 29.9. The van der Waals surface area contributed by atoms with Gasteiger partial charge in [-0.05, 0) is 42.5 Å². The molecule has 2 aromatic carbocycles. The van der Waals surface area contributed by atoms with Crippen molar-refractivity contribution in [2.45, 2.75) is 12.5 Å². The van der Waals surface area contributed by atoms with Gasteiger partial charge in [0.05, 0.1) is 29.4 Å². The summed E-state index contributed by atoms with van der Waals surface area (Å²) in [6, 6.07) is 6.09. The minimum absolute atomic E-state index is 0.0659. The Kier molecular flexibility index (Phi) is 6.60. The lowest BCUT2D eigenvalue weighted by Crippen LogP contribution is -2.17. The van der Waals surface area contributed by atoms with E-state index in [0.29, 0.717) is 18.2 Å². The van der Waals surface area contributed by atoms with E-state index in [4.69, 9.17) is 8.85 Å². The molecule has 8 nitrogen and oxygen atoms in total. The highest BCUT2D eigenvalue weighted by Crippen LogP contribution is 2.39. The Labute approximate surface area is 208 Å². The third kappa shape index (κ3) is 7.02. The number of ether oxygens (including phenoxy) is 4. The van der Waals surface area contributed by atoms with E-state index >= 15 is 0 Å². The molecule has 1 aromatic heterocycles. The summed E-state index contributed by atoms with van der Waals surface area (Å²) in [4.78, 5) is 28.5. The zero-order valence-electron chi connectivity index (χ0n) is 21.4. The van der Waals surface area contributed by atoms with Crippen molar-refractivity contribution in [3.8, 4) is 23.0 Å². The maximum atomic E-state index is 13.4. The van der Waals surface area contributed by atoms with Crippen molar-refractivity contribution in [3.63, 3.8) is 0 Å². The maximum absolute atomic E-state index is 13.4. The van der Waals surface area contributed by atoms with Crippen molar-refractivity contribution >= 4 is 17.6 Å². The number of aromatic nitrogens is 1. The van der Waals surface area contributed by atoms with Gasteiger partial charge in [-0.3, -0.25) is 4.79 Å². The number of pyridine rings is 1. The minimum atomic E-state index is -5.14. The molecule has 0 saturated carbocycles. The molecule has 0 aliphatic carbocycles. The minimum Gasteiger partial charge on any atom is -0.493 e. The standard InChI is InChI=1S/C23H16F6N2O6/c1-34-19-11-14(37-23(27,28)29)4-6-18(19)36-17-5-3-12(22(24,25)26)9-15(17)20(32)31-13-7-8-30-16(10-13)21(33)35-2/h3-11H,1-2H3,(H,30,31,32)/i1D3. The molecular weight excluding hydrogens is 514 g/mol. The van der Waals surface area contributed by atoms with Crippen LogP contribution >= 0.6 is 0 Å². The number of nitrogens with one attached hydrogen (secondary N) is 1. The lowest BCUT2D eigenvalue weighted by atomic mass is 10.1. The van der Waals surface area contributed by atoms with Crippen LogP contribution in [0.2, 0.25) is 0 Å². The van der Waals surface area contributed by atoms with Crippen molar-refractivity contribution in [2.24, 2.45) is 0 Å². The Bertz CT molecular complexity index is 1410. The molecule has 1 N–H and O–H groups in total. The van der Waals surface area contributed by atoms with E-state index in [9.17, 15) is 35.9 Å². The Morgan fingerprint density at radius 2 is 1.68 bits per heavy atom. The number of carbonyl (C=O) groups excluding carboxylic acids is 2. The van der Waals surface area contributed by atoms with E-state index in [-0.39, 0.29) is 11.4 Å². The highest BCUT2D eigenvalue weighted by atomic mass is 19.4. The van der Waals surface area contributed by atoms with Gasteiger partial charge in [0.2, 0.25) is 0 Å². The summed E-state index contributed by atoms with van der Waals surface area (Å²) in [6.45, 7) is 0. The number of halogens is 6. The molecule has 0 saturated heterocycles. The fourth-order valence-electron chi connectivity index (χ4n) is 2.86. The maximum Gasteiger partial charge on any atom is 0.573 e. The van der Waals surface area contributed by atoms with Crippen LogP contribution in [0.3, 0.4) is 0 Å². The highest BCUT2D eigenvalue weighted by molar-refractivity contribution is 6.06. The second-order valence-electron chi connectivity index (χ2n) is 6.94. The van der Waals surface area contributed by atoms with E-state index in [0.717, 1.165) is 37.6 Å². The van der Waals surface area contributed by atoms with E-state index in [1.54, 1.807) is 0 Å². The SMILES string of the molecule is [2H]C([2H])([2H])Oc1cc(OC(F)(F)F)ccc1Oc1ccc(C(F)(F)F)cc1C(=O)Nc1ccnc(C(=O)OC)c1. The predicted molar refractivity (Wildman–Crippen MR) is 115 cm³/mol. The number of hydrogen-bond donors (Lipinski definition) is 1. The van der Waals surface area contributed by atoms with Crippen LogP contribution in [-0.2, 0) is 10.9 Å². The molecule has 0 atom stereocenters. The number of amides is 1. The van der Waals surface area contributed by atoms with E-state index in [1.165, 1.54) is 6.07 Å². The van der Waals surface area contributed by atoms with E-state index in [1.807, 2.05) is 0 Å². The van der Waals surface area contributed by atoms with Gasteiger partial charge in [-0.2, -0.15) is 13.2 Å². The topological polar surface area (TPSA) is 96.0 Å². The van der Waals surface area contributed by atoms with Gasteiger partial charge >= 0.3 is 18.5 Å². The van der Waals surface area contributed by atoms with E-state index < -0.39 is 65.6 Å². The summed E-state index contributed by atoms with van der Waals surface area (Å²) in [6.07, 6.45) is -8.91. The average Bonchev–Trinajstić information content (AvgIpc) is 2.82. The average molecular weight is 533 g/mol. The van der Waals surface area contributed by atoms with Gasteiger partial charge in [0.15, 0.2) is 11.5 Å². The summed E-state index contributed by atoms with van der Waals surface area (Å²) >= 11 is 0. The highest BCUT2D eigenvalue weighted by Gasteiger charge is 2.33. The van der Waals surface area contributed by atoms with Crippen LogP contribution in [0.25, 0.3) is 0 Å². The monoisotopic (exact) mass is 533 g/mol. The van der Waals surface area contributed by atoms with Crippen molar-refractivity contribution < 1.29 is 59.0 Å². The molecule has 196 valence electrons. The predicted octanol–water partition coefficient (Wildman–Crippen LogP) is 5.84. The summed E-state index contributed by atoms with van der Waals surface area (Å²) in [7, 11) is -2.11. The first-order valence-corrected chi connectivity index (χ1v) is 9.79. The summed E-state index contributed by atoms with van der Waals surface area (Å²) < 4.78 is 118. The molecule has 37 heavy (non-hydrogen) atoms. The van der Waals surface area contributed by atoms with Crippen molar-refractivity contribution in [2.75, 3.05) is 19.5 Å². The Hall–Kier alpha value is -4.49. The molecule has 3 rings (SSSR count). The van der Waals surface area contributed by atoms with Crippen LogP contribution in [0.5, 0.6) is 23.0 Å². The van der Waals surface area contributed by atoms with E-state index in [2.05, 4.69) is 24.5 Å². The summed E-state index contributed by atoms with van der Waals surface area (Å²) in [5.41, 5.74) is -2.28. The van der Waals surface area contributed by atoms with Crippen molar-refractivity contribution in [3.05, 3.63) is 71.5 Å². The normalized spacial score (nSPS) is 13.0. The number of methoxy groups -OCH3 is 2. The first kappa shape index (κ1) is 22.9. The van der Waals surface area contributed by atoms with Gasteiger partial charge in [0.25, 0.3) is 5.91 Å². The number of rotatable bonds is 7. The van der Waals surface area contributed by atoms with Crippen molar-refractivity contribution in [1.29, 1.82) is 0 Å². The number of anilines is 1. The second kappa shape index (κ2) is 10.6. The Morgan fingerprint density at radius 1 is 0.946 bits per heavy atom. The first-order valence-electron chi connectivity index (χ1n) is 11.3. The van der Waals surface area contributed by atoms with Gasteiger partial charge in [-0.1, -0.05) is 0 Å². The lowest BCUT2D eigenvalue weighted by Gasteiger charge is -2.17. The van der Waals surface area contributed by atoms with Gasteiger partial charge in [-0.15, -0.1) is 13.2 Å². The molecule has 0 aliphatic rings. The Balaban J connectivity index is 2.04. The smallest absolute Gasteiger partial charge is 0.493 e. The molecule has 1 heterocycles. The molecule has 0 fully saturated rings. The molecule has 0 bridgehead atoms. The molecule has 0 aliphatic heterocycles. The summed E-state index contributed by atoms with van der Waals surface area (Å²) in [5, 5.41) is 2.27. The van der Waals surface area contributed by atoms with Crippen LogP contribution in [-0.4, -0.2) is 37.4 Å².